The summed E-state index contributed by atoms with van der Waals surface area (Å²) < 4.78 is 43.2. The van der Waals surface area contributed by atoms with Gasteiger partial charge >= 0.3 is 10.1 Å². The molecule has 1 amide bonds. The zero-order chi connectivity index (χ0) is 25.7. The fourth-order valence-corrected chi connectivity index (χ4v) is 4.81. The number of hydrogen-bond acceptors (Lipinski definition) is 7. The molecule has 0 bridgehead atoms. The van der Waals surface area contributed by atoms with E-state index in [0.717, 1.165) is 6.26 Å². The van der Waals surface area contributed by atoms with Crippen LogP contribution in [0.25, 0.3) is 11.1 Å². The molecule has 1 aliphatic rings. The van der Waals surface area contributed by atoms with Crippen molar-refractivity contribution in [2.75, 3.05) is 13.3 Å². The normalized spacial score (nSPS) is 17.6. The van der Waals surface area contributed by atoms with Gasteiger partial charge in [0.2, 0.25) is 0 Å². The van der Waals surface area contributed by atoms with Gasteiger partial charge in [-0.3, -0.25) is 14.7 Å². The van der Waals surface area contributed by atoms with Crippen molar-refractivity contribution < 1.29 is 21.8 Å². The molecule has 1 aromatic heterocycles. The number of rotatable bonds is 5. The van der Waals surface area contributed by atoms with Gasteiger partial charge < -0.3 is 9.92 Å². The van der Waals surface area contributed by atoms with Crippen LogP contribution in [0.5, 0.6) is 5.75 Å². The van der Waals surface area contributed by atoms with Gasteiger partial charge in [0.1, 0.15) is 11.6 Å². The number of nitrogens with zero attached hydrogens (tertiary/aromatic N) is 3. The van der Waals surface area contributed by atoms with E-state index in [0.29, 0.717) is 22.5 Å². The first kappa shape index (κ1) is 27.4. The Kier molecular flexibility index (Phi) is 7.36. The summed E-state index contributed by atoms with van der Waals surface area (Å²) in [6.07, 6.45) is 0.891. The highest BCUT2D eigenvalue weighted by Gasteiger charge is 2.50. The summed E-state index contributed by atoms with van der Waals surface area (Å²) in [6, 6.07) is 11.7. The molecule has 2 aromatic carbocycles. The smallest absolute Gasteiger partial charge is 0.306 e. The van der Waals surface area contributed by atoms with E-state index in [9.17, 15) is 13.2 Å². The highest BCUT2D eigenvalue weighted by Crippen LogP contribution is 2.42. The molecule has 0 spiro atoms. The van der Waals surface area contributed by atoms with Crippen molar-refractivity contribution in [2.45, 2.75) is 19.4 Å². The molecule has 2 N–H and O–H groups in total. The number of aliphatic imine (C=N–C) groups is 1. The zero-order valence-corrected chi connectivity index (χ0v) is 22.1. The monoisotopic (exact) mass is 552 g/mol. The number of hydrogen-bond donors (Lipinski definition) is 1. The highest BCUT2D eigenvalue weighted by atomic mass is 35.5. The number of aryl methyl sites for hydroxylation is 2. The third kappa shape index (κ3) is 5.02. The quantitative estimate of drug-likeness (QED) is 0.479. The van der Waals surface area contributed by atoms with Crippen LogP contribution >= 0.6 is 24.0 Å². The van der Waals surface area contributed by atoms with Gasteiger partial charge in [-0.2, -0.15) is 8.42 Å². The van der Waals surface area contributed by atoms with E-state index in [-0.39, 0.29) is 40.3 Å². The Morgan fingerprint density at radius 2 is 1.69 bits per heavy atom. The van der Waals surface area contributed by atoms with Crippen LogP contribution in [0.2, 0.25) is 5.02 Å². The summed E-state index contributed by atoms with van der Waals surface area (Å²) in [6.45, 7) is 3.59. The van der Waals surface area contributed by atoms with E-state index in [1.165, 1.54) is 48.3 Å². The molecular formula is C24H23Cl2FN4O4S. The third-order valence-corrected chi connectivity index (χ3v) is 6.27. The molecule has 2 heterocycles. The topological polar surface area (TPSA) is 115 Å². The minimum Gasteiger partial charge on any atom is -0.383 e. The fourth-order valence-electron chi connectivity index (χ4n) is 4.14. The van der Waals surface area contributed by atoms with Gasteiger partial charge in [-0.15, -0.1) is 12.4 Å². The number of aromatic nitrogens is 1. The number of carbonyl (C=O) groups is 1. The first-order valence-corrected chi connectivity index (χ1v) is 12.6. The lowest BCUT2D eigenvalue weighted by Crippen LogP contribution is -2.41. The molecule has 8 nitrogen and oxygen atoms in total. The van der Waals surface area contributed by atoms with Gasteiger partial charge in [0.15, 0.2) is 11.5 Å². The van der Waals surface area contributed by atoms with E-state index in [4.69, 9.17) is 21.5 Å². The molecule has 12 heteroatoms. The lowest BCUT2D eigenvalue weighted by molar-refractivity contribution is -0.129. The molecule has 0 aliphatic carbocycles. The summed E-state index contributed by atoms with van der Waals surface area (Å²) >= 11 is 6.16. The van der Waals surface area contributed by atoms with Crippen molar-refractivity contribution in [1.29, 1.82) is 0 Å². The van der Waals surface area contributed by atoms with Crippen LogP contribution in [0, 0.1) is 19.7 Å². The van der Waals surface area contributed by atoms with E-state index in [1.807, 2.05) is 0 Å². The zero-order valence-electron chi connectivity index (χ0n) is 19.7. The lowest BCUT2D eigenvalue weighted by atomic mass is 9.81. The van der Waals surface area contributed by atoms with Gasteiger partial charge in [-0.25, -0.2) is 9.38 Å². The number of amides is 1. The van der Waals surface area contributed by atoms with Crippen molar-refractivity contribution >= 4 is 46.0 Å². The molecule has 1 atom stereocenters. The number of carbonyl (C=O) groups excluding carboxylic acids is 1. The molecule has 0 radical (unpaired) electrons. The summed E-state index contributed by atoms with van der Waals surface area (Å²) in [4.78, 5) is 23.7. The van der Waals surface area contributed by atoms with Crippen molar-refractivity contribution in [3.8, 4) is 16.9 Å². The molecule has 0 saturated carbocycles. The van der Waals surface area contributed by atoms with Crippen LogP contribution in [0.15, 0.2) is 53.5 Å². The molecule has 0 saturated heterocycles. The lowest BCUT2D eigenvalue weighted by Gasteiger charge is -2.27. The second kappa shape index (κ2) is 9.68. The summed E-state index contributed by atoms with van der Waals surface area (Å²) in [5.74, 6) is -1.09. The second-order valence-corrected chi connectivity index (χ2v) is 10.4. The maximum absolute atomic E-state index is 15.1. The van der Waals surface area contributed by atoms with Gasteiger partial charge in [-0.05, 0) is 66.9 Å². The Balaban J connectivity index is 0.00000361. The van der Waals surface area contributed by atoms with Gasteiger partial charge in [0, 0.05) is 35.1 Å². The maximum Gasteiger partial charge on any atom is 0.306 e. The van der Waals surface area contributed by atoms with E-state index >= 15 is 4.39 Å². The van der Waals surface area contributed by atoms with Gasteiger partial charge in [0.05, 0.1) is 6.26 Å². The van der Waals surface area contributed by atoms with E-state index in [1.54, 1.807) is 26.0 Å². The van der Waals surface area contributed by atoms with Crippen LogP contribution < -0.4 is 9.92 Å². The van der Waals surface area contributed by atoms with Crippen LogP contribution in [0.3, 0.4) is 0 Å². The molecule has 4 rings (SSSR count). The molecule has 3 aromatic rings. The highest BCUT2D eigenvalue weighted by molar-refractivity contribution is 7.86. The Morgan fingerprint density at radius 1 is 1.06 bits per heavy atom. The van der Waals surface area contributed by atoms with Gasteiger partial charge in [0.25, 0.3) is 5.91 Å². The molecular weight excluding hydrogens is 530 g/mol. The second-order valence-electron chi connectivity index (χ2n) is 8.34. The Bertz CT molecular complexity index is 1490. The van der Waals surface area contributed by atoms with Crippen molar-refractivity contribution in [3.63, 3.8) is 0 Å². The minimum atomic E-state index is -3.84. The number of pyridine rings is 1. The Hall–Kier alpha value is -3.21. The number of guanidine groups is 1. The van der Waals surface area contributed by atoms with Gasteiger partial charge in [-0.1, -0.05) is 17.7 Å². The number of nitrogens with two attached hydrogens (primary N) is 1. The fraction of sp³-hybridized carbons (Fsp3) is 0.208. The molecule has 190 valence electrons. The molecule has 0 fully saturated rings. The first-order chi connectivity index (χ1) is 16.3. The van der Waals surface area contributed by atoms with Crippen molar-refractivity contribution in [3.05, 3.63) is 81.9 Å². The van der Waals surface area contributed by atoms with E-state index in [2.05, 4.69) is 9.98 Å². The predicted octanol–water partition coefficient (Wildman–Crippen LogP) is 3.95. The largest absolute Gasteiger partial charge is 0.383 e. The third-order valence-electron chi connectivity index (χ3n) is 5.55. The molecule has 1 aliphatic heterocycles. The number of benzene rings is 2. The van der Waals surface area contributed by atoms with Crippen LogP contribution in [0.1, 0.15) is 22.5 Å². The maximum atomic E-state index is 15.1. The van der Waals surface area contributed by atoms with Crippen LogP contribution in [-0.4, -0.2) is 43.5 Å². The Labute approximate surface area is 219 Å². The Morgan fingerprint density at radius 3 is 2.25 bits per heavy atom. The van der Waals surface area contributed by atoms with Crippen molar-refractivity contribution in [1.82, 2.24) is 9.88 Å². The first-order valence-electron chi connectivity index (χ1n) is 10.4. The van der Waals surface area contributed by atoms with E-state index < -0.39 is 27.4 Å². The average Bonchev–Trinajstić information content (AvgIpc) is 2.96. The molecule has 1 unspecified atom stereocenters. The van der Waals surface area contributed by atoms with Crippen molar-refractivity contribution in [2.24, 2.45) is 10.7 Å². The summed E-state index contributed by atoms with van der Waals surface area (Å²) in [7, 11) is -2.32. The standard InChI is InChI=1S/C24H22ClFN4O4S.ClH/c1-13-7-17(8-14(2)28-13)24(22(31)30(3)23(27)29-24)16-5-6-21(26)20(11-16)15-9-18(25)12-19(10-15)34-35(4,32)33;/h5-12H,1-4H3,(H2,27,29);1H. The minimum absolute atomic E-state index is 0. The number of likely N-dealkylation sites (N-methyl/N-ethyl adjacent to an activating group) is 1. The number of halogens is 3. The van der Waals surface area contributed by atoms with Crippen LogP contribution in [-0.2, 0) is 20.5 Å². The summed E-state index contributed by atoms with van der Waals surface area (Å²) in [5.41, 5.74) is 7.05. The SMILES string of the molecule is Cc1cc(C2(c3ccc(F)c(-c4cc(Cl)cc(OS(C)(=O)=O)c4)c3)N=C(N)N(C)C2=O)cc(C)n1.Cl. The predicted molar refractivity (Wildman–Crippen MR) is 138 cm³/mol. The van der Waals surface area contributed by atoms with Crippen LogP contribution in [0.4, 0.5) is 4.39 Å². The molecule has 36 heavy (non-hydrogen) atoms. The summed E-state index contributed by atoms with van der Waals surface area (Å²) in [5, 5.41) is 0.139. The average molecular weight is 553 g/mol.